The fourth-order valence-corrected chi connectivity index (χ4v) is 3.35. The Labute approximate surface area is 167 Å². The number of rotatable bonds is 5. The molecular formula is C20H20ClN5O2. The van der Waals surface area contributed by atoms with Crippen LogP contribution in [0.15, 0.2) is 54.9 Å². The number of hydrogen-bond donors (Lipinski definition) is 1. The number of benzene rings is 1. The number of aromatic nitrogens is 4. The van der Waals surface area contributed by atoms with Crippen LogP contribution in [-0.2, 0) is 0 Å². The molecular weight excluding hydrogens is 378 g/mol. The largest absolute Gasteiger partial charge is 0.474 e. The molecule has 1 amide bonds. The predicted octanol–water partition coefficient (Wildman–Crippen LogP) is 3.44. The number of para-hydroxylation sites is 1. The zero-order valence-corrected chi connectivity index (χ0v) is 15.9. The summed E-state index contributed by atoms with van der Waals surface area (Å²) in [7, 11) is 0. The van der Waals surface area contributed by atoms with Crippen LogP contribution in [-0.4, -0.2) is 38.0 Å². The van der Waals surface area contributed by atoms with E-state index in [1.807, 2.05) is 30.3 Å². The van der Waals surface area contributed by atoms with Crippen molar-refractivity contribution in [2.45, 2.75) is 37.8 Å². The maximum atomic E-state index is 12.5. The van der Waals surface area contributed by atoms with Gasteiger partial charge >= 0.3 is 0 Å². The lowest BCUT2D eigenvalue weighted by molar-refractivity contribution is 0.0885. The van der Waals surface area contributed by atoms with Gasteiger partial charge in [-0.05, 0) is 43.9 Å². The summed E-state index contributed by atoms with van der Waals surface area (Å²) in [5, 5.41) is 12.1. The minimum Gasteiger partial charge on any atom is -0.474 e. The molecule has 144 valence electrons. The van der Waals surface area contributed by atoms with E-state index < -0.39 is 0 Å². The van der Waals surface area contributed by atoms with Crippen LogP contribution in [0, 0.1) is 0 Å². The third kappa shape index (κ3) is 4.48. The number of nitrogens with one attached hydrogen (secondary N) is 1. The molecule has 0 saturated heterocycles. The Kier molecular flexibility index (Phi) is 5.53. The fourth-order valence-electron chi connectivity index (χ4n) is 3.24. The van der Waals surface area contributed by atoms with Gasteiger partial charge in [-0.25, -0.2) is 4.98 Å². The quantitative estimate of drug-likeness (QED) is 0.713. The van der Waals surface area contributed by atoms with E-state index in [2.05, 4.69) is 20.5 Å². The fraction of sp³-hybridized carbons (Fsp3) is 0.300. The van der Waals surface area contributed by atoms with Crippen molar-refractivity contribution in [1.29, 1.82) is 0 Å². The van der Waals surface area contributed by atoms with Gasteiger partial charge in [-0.1, -0.05) is 29.8 Å². The van der Waals surface area contributed by atoms with Crippen molar-refractivity contribution in [3.8, 4) is 11.6 Å². The highest BCUT2D eigenvalue weighted by molar-refractivity contribution is 6.30. The molecule has 0 spiro atoms. The van der Waals surface area contributed by atoms with E-state index in [0.29, 0.717) is 16.6 Å². The number of carbonyl (C=O) groups excluding carboxylic acids is 1. The summed E-state index contributed by atoms with van der Waals surface area (Å²) >= 11 is 5.84. The lowest BCUT2D eigenvalue weighted by Gasteiger charge is -2.29. The molecule has 1 saturated carbocycles. The highest BCUT2D eigenvalue weighted by atomic mass is 35.5. The van der Waals surface area contributed by atoms with Gasteiger partial charge in [0.2, 0.25) is 5.88 Å². The molecule has 3 aromatic rings. The molecule has 0 radical (unpaired) electrons. The highest BCUT2D eigenvalue weighted by Gasteiger charge is 2.25. The molecule has 4 rings (SSSR count). The average Bonchev–Trinajstić information content (AvgIpc) is 3.22. The zero-order chi connectivity index (χ0) is 19.3. The second kappa shape index (κ2) is 8.39. The van der Waals surface area contributed by atoms with E-state index in [1.54, 1.807) is 18.3 Å². The maximum absolute atomic E-state index is 12.5. The summed E-state index contributed by atoms with van der Waals surface area (Å²) in [4.78, 5) is 18.1. The van der Waals surface area contributed by atoms with Crippen molar-refractivity contribution < 1.29 is 9.53 Å². The zero-order valence-electron chi connectivity index (χ0n) is 15.2. The number of halogens is 1. The van der Waals surface area contributed by atoms with Gasteiger partial charge in [-0.3, -0.25) is 4.79 Å². The van der Waals surface area contributed by atoms with Crippen molar-refractivity contribution in [2.75, 3.05) is 0 Å². The molecule has 2 aromatic heterocycles. The third-order valence-corrected chi connectivity index (χ3v) is 4.93. The van der Waals surface area contributed by atoms with E-state index in [-0.39, 0.29) is 18.1 Å². The molecule has 1 aliphatic carbocycles. The Morgan fingerprint density at radius 2 is 1.86 bits per heavy atom. The van der Waals surface area contributed by atoms with Crippen LogP contribution in [0.25, 0.3) is 5.69 Å². The van der Waals surface area contributed by atoms with Gasteiger partial charge in [0.15, 0.2) is 5.69 Å². The van der Waals surface area contributed by atoms with Crippen LogP contribution < -0.4 is 10.1 Å². The molecule has 0 bridgehead atoms. The normalized spacial score (nSPS) is 19.2. The molecule has 0 unspecified atom stereocenters. The summed E-state index contributed by atoms with van der Waals surface area (Å²) in [6.07, 6.45) is 6.56. The van der Waals surface area contributed by atoms with Crippen LogP contribution in [0.3, 0.4) is 0 Å². The number of nitrogens with zero attached hydrogens (tertiary/aromatic N) is 4. The molecule has 1 aromatic carbocycles. The lowest BCUT2D eigenvalue weighted by atomic mass is 9.93. The van der Waals surface area contributed by atoms with Crippen molar-refractivity contribution in [1.82, 2.24) is 25.3 Å². The lowest BCUT2D eigenvalue weighted by Crippen LogP contribution is -2.40. The monoisotopic (exact) mass is 397 g/mol. The van der Waals surface area contributed by atoms with Crippen LogP contribution >= 0.6 is 11.6 Å². The summed E-state index contributed by atoms with van der Waals surface area (Å²) < 4.78 is 5.89. The molecule has 1 aliphatic rings. The van der Waals surface area contributed by atoms with Crippen molar-refractivity contribution in [2.24, 2.45) is 0 Å². The number of amides is 1. The minimum absolute atomic E-state index is 0.0979. The Morgan fingerprint density at radius 1 is 1.07 bits per heavy atom. The van der Waals surface area contributed by atoms with Gasteiger partial charge in [-0.2, -0.15) is 9.90 Å². The van der Waals surface area contributed by atoms with E-state index in [1.165, 1.54) is 11.0 Å². The summed E-state index contributed by atoms with van der Waals surface area (Å²) in [5.74, 6) is 0.375. The molecule has 2 heterocycles. The van der Waals surface area contributed by atoms with E-state index in [9.17, 15) is 4.79 Å². The highest BCUT2D eigenvalue weighted by Crippen LogP contribution is 2.23. The van der Waals surface area contributed by atoms with Crippen LogP contribution in [0.4, 0.5) is 0 Å². The first-order valence-electron chi connectivity index (χ1n) is 9.24. The van der Waals surface area contributed by atoms with Gasteiger partial charge in [0.05, 0.1) is 16.9 Å². The first-order valence-corrected chi connectivity index (χ1v) is 9.62. The maximum Gasteiger partial charge on any atom is 0.273 e. The van der Waals surface area contributed by atoms with Crippen LogP contribution in [0.2, 0.25) is 5.02 Å². The summed E-state index contributed by atoms with van der Waals surface area (Å²) in [6.45, 7) is 0. The molecule has 1 fully saturated rings. The van der Waals surface area contributed by atoms with Gasteiger partial charge in [0.25, 0.3) is 5.91 Å². The number of carbonyl (C=O) groups is 1. The van der Waals surface area contributed by atoms with Gasteiger partial charge in [0.1, 0.15) is 6.10 Å². The molecule has 0 aliphatic heterocycles. The van der Waals surface area contributed by atoms with Gasteiger partial charge in [0, 0.05) is 18.3 Å². The van der Waals surface area contributed by atoms with Crippen molar-refractivity contribution in [3.05, 3.63) is 65.6 Å². The number of ether oxygens (including phenoxy) is 1. The number of hydrogen-bond acceptors (Lipinski definition) is 5. The molecule has 7 nitrogen and oxygen atoms in total. The number of pyridine rings is 1. The minimum atomic E-state index is -0.203. The smallest absolute Gasteiger partial charge is 0.273 e. The Balaban J connectivity index is 1.28. The van der Waals surface area contributed by atoms with Gasteiger partial charge < -0.3 is 10.1 Å². The van der Waals surface area contributed by atoms with Gasteiger partial charge in [-0.15, -0.1) is 5.10 Å². The Bertz CT molecular complexity index is 921. The van der Waals surface area contributed by atoms with Crippen molar-refractivity contribution in [3.63, 3.8) is 0 Å². The SMILES string of the molecule is O=C(NC1CCC(Oc2ccc(Cl)cn2)CC1)c1cnn(-c2ccccc2)n1. The predicted molar refractivity (Wildman–Crippen MR) is 105 cm³/mol. The molecule has 0 atom stereocenters. The Morgan fingerprint density at radius 3 is 2.57 bits per heavy atom. The molecule has 28 heavy (non-hydrogen) atoms. The van der Waals surface area contributed by atoms with Crippen LogP contribution in [0.5, 0.6) is 5.88 Å². The molecule has 1 N–H and O–H groups in total. The second-order valence-corrected chi connectivity index (χ2v) is 7.17. The first kappa shape index (κ1) is 18.4. The topological polar surface area (TPSA) is 81.9 Å². The molecule has 8 heteroatoms. The van der Waals surface area contributed by atoms with Crippen molar-refractivity contribution >= 4 is 17.5 Å². The second-order valence-electron chi connectivity index (χ2n) is 6.73. The van der Waals surface area contributed by atoms with E-state index in [0.717, 1.165) is 31.4 Å². The van der Waals surface area contributed by atoms with E-state index in [4.69, 9.17) is 16.3 Å². The standard InChI is InChI=1S/C20H20ClN5O2/c21-14-6-11-19(22-12-14)28-17-9-7-15(8-10-17)24-20(27)18-13-23-26(25-18)16-4-2-1-3-5-16/h1-6,11-13,15,17H,7-10H2,(H,24,27). The van der Waals surface area contributed by atoms with E-state index >= 15 is 0 Å². The average molecular weight is 398 g/mol. The van der Waals surface area contributed by atoms with Crippen LogP contribution in [0.1, 0.15) is 36.2 Å². The Hall–Kier alpha value is -2.93. The summed E-state index contributed by atoms with van der Waals surface area (Å²) in [6, 6.07) is 13.1. The summed E-state index contributed by atoms with van der Waals surface area (Å²) in [5.41, 5.74) is 1.13. The third-order valence-electron chi connectivity index (χ3n) is 4.71. The first-order chi connectivity index (χ1) is 13.7.